The molecular formula is C10H5F3N2O3. The van der Waals surface area contributed by atoms with Gasteiger partial charge in [-0.2, -0.15) is 13.2 Å². The summed E-state index contributed by atoms with van der Waals surface area (Å²) in [6.45, 7) is 0. The maximum absolute atomic E-state index is 12.6. The summed E-state index contributed by atoms with van der Waals surface area (Å²) in [5.74, 6) is -1.60. The first kappa shape index (κ1) is 12.1. The van der Waals surface area contributed by atoms with Crippen molar-refractivity contribution in [3.8, 4) is 0 Å². The van der Waals surface area contributed by atoms with E-state index in [2.05, 4.69) is 4.98 Å². The third-order valence-corrected chi connectivity index (χ3v) is 2.24. The number of aromatic amines is 1. The number of aromatic nitrogens is 2. The number of nitrogens with zero attached hydrogens (tertiary/aromatic N) is 1. The third kappa shape index (κ3) is 1.92. The Hall–Kier alpha value is -2.38. The van der Waals surface area contributed by atoms with Gasteiger partial charge in [-0.25, -0.2) is 9.78 Å². The van der Waals surface area contributed by atoms with Crippen LogP contribution in [-0.4, -0.2) is 21.0 Å². The Bertz CT molecular complexity index is 691. The molecule has 1 heterocycles. The van der Waals surface area contributed by atoms with E-state index in [9.17, 15) is 22.8 Å². The first-order chi connectivity index (χ1) is 8.30. The summed E-state index contributed by atoms with van der Waals surface area (Å²) in [5.41, 5.74) is -3.85. The summed E-state index contributed by atoms with van der Waals surface area (Å²) in [6.07, 6.45) is -4.66. The van der Waals surface area contributed by atoms with Crippen LogP contribution in [0.3, 0.4) is 0 Å². The summed E-state index contributed by atoms with van der Waals surface area (Å²) in [4.78, 5) is 27.2. The van der Waals surface area contributed by atoms with Gasteiger partial charge in [-0.1, -0.05) is 6.07 Å². The van der Waals surface area contributed by atoms with E-state index < -0.39 is 34.5 Å². The first-order valence-corrected chi connectivity index (χ1v) is 4.64. The Morgan fingerprint density at radius 1 is 1.33 bits per heavy atom. The van der Waals surface area contributed by atoms with Gasteiger partial charge in [0, 0.05) is 0 Å². The van der Waals surface area contributed by atoms with Crippen LogP contribution in [0.2, 0.25) is 0 Å². The number of carboxylic acid groups (broad SMARTS) is 1. The molecule has 0 atom stereocenters. The highest BCUT2D eigenvalue weighted by atomic mass is 19.4. The predicted octanol–water partition coefficient (Wildman–Crippen LogP) is 1.64. The zero-order valence-corrected chi connectivity index (χ0v) is 8.58. The molecule has 0 aliphatic heterocycles. The molecule has 0 spiro atoms. The summed E-state index contributed by atoms with van der Waals surface area (Å²) in [7, 11) is 0. The number of fused-ring (bicyclic) bond motifs is 1. The van der Waals surface area contributed by atoms with Crippen molar-refractivity contribution in [1.82, 2.24) is 9.97 Å². The van der Waals surface area contributed by atoms with Gasteiger partial charge in [-0.15, -0.1) is 0 Å². The number of rotatable bonds is 1. The van der Waals surface area contributed by atoms with Crippen molar-refractivity contribution in [2.75, 3.05) is 0 Å². The zero-order chi connectivity index (χ0) is 13.5. The average Bonchev–Trinajstić information content (AvgIpc) is 2.25. The summed E-state index contributed by atoms with van der Waals surface area (Å²) < 4.78 is 37.9. The van der Waals surface area contributed by atoms with E-state index in [0.29, 0.717) is 0 Å². The second-order valence-electron chi connectivity index (χ2n) is 3.42. The molecule has 0 saturated carbocycles. The minimum absolute atomic E-state index is 0.234. The van der Waals surface area contributed by atoms with Crippen LogP contribution in [-0.2, 0) is 6.18 Å². The van der Waals surface area contributed by atoms with Crippen molar-refractivity contribution in [2.24, 2.45) is 0 Å². The quantitative estimate of drug-likeness (QED) is 0.814. The highest BCUT2D eigenvalue weighted by Gasteiger charge is 2.33. The van der Waals surface area contributed by atoms with Gasteiger partial charge in [0.15, 0.2) is 0 Å². The summed E-state index contributed by atoms with van der Waals surface area (Å²) >= 11 is 0. The molecule has 0 bridgehead atoms. The lowest BCUT2D eigenvalue weighted by molar-refractivity contribution is -0.136. The third-order valence-electron chi connectivity index (χ3n) is 2.24. The lowest BCUT2D eigenvalue weighted by atomic mass is 10.1. The topological polar surface area (TPSA) is 83.0 Å². The normalized spacial score (nSPS) is 11.7. The molecule has 0 radical (unpaired) electrons. The standard InChI is InChI=1S/C10H5F3N2O3/c11-10(12,13)4-2-1-3-5-6(4)15-8(16)7(14-5)9(17)18/h1-3H,(H,15,16)(H,17,18). The van der Waals surface area contributed by atoms with Gasteiger partial charge >= 0.3 is 12.1 Å². The number of para-hydroxylation sites is 1. The van der Waals surface area contributed by atoms with Crippen LogP contribution in [0.25, 0.3) is 11.0 Å². The molecule has 0 amide bonds. The fraction of sp³-hybridized carbons (Fsp3) is 0.100. The van der Waals surface area contributed by atoms with E-state index in [1.807, 2.05) is 4.98 Å². The average molecular weight is 258 g/mol. The van der Waals surface area contributed by atoms with Gasteiger partial charge in [0.05, 0.1) is 16.6 Å². The number of carboxylic acids is 1. The second kappa shape index (κ2) is 3.83. The molecule has 0 aliphatic rings. The molecule has 94 valence electrons. The highest BCUT2D eigenvalue weighted by molar-refractivity contribution is 5.88. The van der Waals surface area contributed by atoms with Crippen LogP contribution >= 0.6 is 0 Å². The highest BCUT2D eigenvalue weighted by Crippen LogP contribution is 2.32. The number of aromatic carboxylic acids is 1. The van der Waals surface area contributed by atoms with Crippen molar-refractivity contribution >= 4 is 17.0 Å². The van der Waals surface area contributed by atoms with Gasteiger partial charge in [0.25, 0.3) is 5.56 Å². The van der Waals surface area contributed by atoms with Crippen molar-refractivity contribution in [3.05, 3.63) is 39.8 Å². The van der Waals surface area contributed by atoms with E-state index in [1.54, 1.807) is 0 Å². The van der Waals surface area contributed by atoms with Gasteiger partial charge < -0.3 is 10.1 Å². The molecule has 0 unspecified atom stereocenters. The molecular weight excluding hydrogens is 253 g/mol. The molecule has 2 N–H and O–H groups in total. The number of hydrogen-bond donors (Lipinski definition) is 2. The molecule has 0 fully saturated rings. The molecule has 0 aliphatic carbocycles. The summed E-state index contributed by atoms with van der Waals surface area (Å²) in [5, 5.41) is 8.65. The molecule has 2 rings (SSSR count). The number of alkyl halides is 3. The van der Waals surface area contributed by atoms with Gasteiger partial charge in [-0.05, 0) is 12.1 Å². The van der Waals surface area contributed by atoms with E-state index in [-0.39, 0.29) is 5.52 Å². The van der Waals surface area contributed by atoms with E-state index in [1.165, 1.54) is 6.07 Å². The van der Waals surface area contributed by atoms with Gasteiger partial charge in [-0.3, -0.25) is 4.79 Å². The predicted molar refractivity (Wildman–Crippen MR) is 54.3 cm³/mol. The van der Waals surface area contributed by atoms with Crippen LogP contribution in [0.15, 0.2) is 23.0 Å². The number of halogens is 3. The minimum atomic E-state index is -4.66. The number of H-pyrrole nitrogens is 1. The van der Waals surface area contributed by atoms with Crippen molar-refractivity contribution in [1.29, 1.82) is 0 Å². The number of benzene rings is 1. The maximum atomic E-state index is 12.6. The molecule has 2 aromatic rings. The Morgan fingerprint density at radius 2 is 2.00 bits per heavy atom. The molecule has 1 aromatic heterocycles. The first-order valence-electron chi connectivity index (χ1n) is 4.64. The van der Waals surface area contributed by atoms with Crippen molar-refractivity contribution in [2.45, 2.75) is 6.18 Å². The van der Waals surface area contributed by atoms with Gasteiger partial charge in [0.1, 0.15) is 0 Å². The minimum Gasteiger partial charge on any atom is -0.476 e. The smallest absolute Gasteiger partial charge is 0.418 e. The lowest BCUT2D eigenvalue weighted by Crippen LogP contribution is -2.21. The van der Waals surface area contributed by atoms with Crippen molar-refractivity contribution < 1.29 is 23.1 Å². The fourth-order valence-electron chi connectivity index (χ4n) is 1.49. The monoisotopic (exact) mass is 258 g/mol. The Kier molecular flexibility index (Phi) is 2.57. The second-order valence-corrected chi connectivity index (χ2v) is 3.42. The molecule has 8 heteroatoms. The maximum Gasteiger partial charge on any atom is 0.418 e. The fourth-order valence-corrected chi connectivity index (χ4v) is 1.49. The zero-order valence-electron chi connectivity index (χ0n) is 8.58. The lowest BCUT2D eigenvalue weighted by Gasteiger charge is -2.09. The number of hydrogen-bond acceptors (Lipinski definition) is 3. The Morgan fingerprint density at radius 3 is 2.56 bits per heavy atom. The molecule has 18 heavy (non-hydrogen) atoms. The van der Waals surface area contributed by atoms with Crippen LogP contribution in [0.5, 0.6) is 0 Å². The van der Waals surface area contributed by atoms with E-state index >= 15 is 0 Å². The van der Waals surface area contributed by atoms with Crippen LogP contribution in [0.4, 0.5) is 13.2 Å². The Labute approximate surface area is 96.9 Å². The largest absolute Gasteiger partial charge is 0.476 e. The van der Waals surface area contributed by atoms with Crippen molar-refractivity contribution in [3.63, 3.8) is 0 Å². The summed E-state index contributed by atoms with van der Waals surface area (Å²) in [6, 6.07) is 3.05. The Balaban J connectivity index is 2.85. The molecule has 1 aromatic carbocycles. The van der Waals surface area contributed by atoms with E-state index in [4.69, 9.17) is 5.11 Å². The van der Waals surface area contributed by atoms with Crippen LogP contribution in [0.1, 0.15) is 16.1 Å². The molecule has 5 nitrogen and oxygen atoms in total. The van der Waals surface area contributed by atoms with Crippen LogP contribution in [0, 0.1) is 0 Å². The SMILES string of the molecule is O=C(O)c1nc2cccc(C(F)(F)F)c2[nH]c1=O. The number of nitrogens with one attached hydrogen (secondary N) is 1. The van der Waals surface area contributed by atoms with Crippen LogP contribution < -0.4 is 5.56 Å². The van der Waals surface area contributed by atoms with E-state index in [0.717, 1.165) is 12.1 Å². The number of carbonyl (C=O) groups is 1. The van der Waals surface area contributed by atoms with Gasteiger partial charge in [0.2, 0.25) is 5.69 Å². The molecule has 0 saturated heterocycles.